The van der Waals surface area contributed by atoms with Crippen LogP contribution in [0.5, 0.6) is 0 Å². The van der Waals surface area contributed by atoms with Crippen molar-refractivity contribution in [3.63, 3.8) is 0 Å². The second-order valence-electron chi connectivity index (χ2n) is 6.53. The van der Waals surface area contributed by atoms with Crippen LogP contribution in [0.4, 0.5) is 4.79 Å². The fourth-order valence-corrected chi connectivity index (χ4v) is 2.70. The van der Waals surface area contributed by atoms with Gasteiger partial charge in [-0.05, 0) is 40.2 Å². The van der Waals surface area contributed by atoms with Crippen LogP contribution < -0.4 is 5.32 Å². The first kappa shape index (κ1) is 13.4. The Hall–Kier alpha value is -1.56. The summed E-state index contributed by atoms with van der Waals surface area (Å²) in [6, 6.07) is 0.343. The van der Waals surface area contributed by atoms with Gasteiger partial charge in [-0.1, -0.05) is 0 Å². The second kappa shape index (κ2) is 4.77. The van der Waals surface area contributed by atoms with E-state index in [-0.39, 0.29) is 6.09 Å². The summed E-state index contributed by atoms with van der Waals surface area (Å²) in [6.07, 6.45) is 2.05. The quantitative estimate of drug-likeness (QED) is 0.825. The van der Waals surface area contributed by atoms with E-state index < -0.39 is 5.60 Å². The van der Waals surface area contributed by atoms with E-state index in [1.54, 1.807) is 4.90 Å². The van der Waals surface area contributed by atoms with Crippen molar-refractivity contribution in [1.82, 2.24) is 20.2 Å². The molecule has 3 heterocycles. The van der Waals surface area contributed by atoms with E-state index in [1.165, 1.54) is 6.42 Å². The van der Waals surface area contributed by atoms with Gasteiger partial charge in [-0.15, -0.1) is 0 Å². The molecule has 1 unspecified atom stereocenters. The lowest BCUT2D eigenvalue weighted by atomic mass is 10.2. The van der Waals surface area contributed by atoms with Crippen LogP contribution in [-0.2, 0) is 17.8 Å². The molecule has 110 valence electrons. The Kier molecular flexibility index (Phi) is 3.20. The predicted molar refractivity (Wildman–Crippen MR) is 74.0 cm³/mol. The summed E-state index contributed by atoms with van der Waals surface area (Å²) < 4.78 is 5.39. The van der Waals surface area contributed by atoms with Crippen molar-refractivity contribution in [1.29, 1.82) is 0 Å². The van der Waals surface area contributed by atoms with Crippen molar-refractivity contribution < 1.29 is 9.53 Å². The molecule has 0 aliphatic carbocycles. The zero-order valence-corrected chi connectivity index (χ0v) is 12.3. The SMILES string of the molecule is CC(C)(C)OC(=O)N1Cc2nc(C3CCCN3)[nH]c2C1. The van der Waals surface area contributed by atoms with Crippen LogP contribution in [0.1, 0.15) is 56.9 Å². The van der Waals surface area contributed by atoms with Crippen molar-refractivity contribution in [3.05, 3.63) is 17.2 Å². The van der Waals surface area contributed by atoms with Gasteiger partial charge in [-0.3, -0.25) is 4.90 Å². The largest absolute Gasteiger partial charge is 0.444 e. The van der Waals surface area contributed by atoms with Gasteiger partial charge in [0.1, 0.15) is 11.4 Å². The Bertz CT molecular complexity index is 488. The van der Waals surface area contributed by atoms with E-state index in [2.05, 4.69) is 15.3 Å². The summed E-state index contributed by atoms with van der Waals surface area (Å²) in [5.74, 6) is 1.01. The number of ether oxygens (including phenoxy) is 1. The highest BCUT2D eigenvalue weighted by Gasteiger charge is 2.31. The molecule has 0 bridgehead atoms. The van der Waals surface area contributed by atoms with Gasteiger partial charge in [-0.2, -0.15) is 0 Å². The van der Waals surface area contributed by atoms with Crippen LogP contribution in [0.2, 0.25) is 0 Å². The van der Waals surface area contributed by atoms with Crippen molar-refractivity contribution in [3.8, 4) is 0 Å². The minimum absolute atomic E-state index is 0.274. The molecule has 0 spiro atoms. The number of aromatic nitrogens is 2. The second-order valence-corrected chi connectivity index (χ2v) is 6.53. The van der Waals surface area contributed by atoms with Gasteiger partial charge < -0.3 is 15.0 Å². The van der Waals surface area contributed by atoms with E-state index in [1.807, 2.05) is 20.8 Å². The highest BCUT2D eigenvalue weighted by atomic mass is 16.6. The lowest BCUT2D eigenvalue weighted by Gasteiger charge is -2.24. The molecule has 2 N–H and O–H groups in total. The zero-order chi connectivity index (χ0) is 14.3. The molecule has 2 aliphatic heterocycles. The zero-order valence-electron chi connectivity index (χ0n) is 12.3. The molecular weight excluding hydrogens is 256 g/mol. The van der Waals surface area contributed by atoms with Gasteiger partial charge in [0.15, 0.2) is 0 Å². The van der Waals surface area contributed by atoms with E-state index in [0.29, 0.717) is 19.1 Å². The summed E-state index contributed by atoms with van der Waals surface area (Å²) in [5, 5.41) is 3.43. The Morgan fingerprint density at radius 3 is 2.80 bits per heavy atom. The smallest absolute Gasteiger partial charge is 0.410 e. The Labute approximate surface area is 118 Å². The van der Waals surface area contributed by atoms with Crippen LogP contribution >= 0.6 is 0 Å². The van der Waals surface area contributed by atoms with E-state index in [4.69, 9.17) is 4.74 Å². The van der Waals surface area contributed by atoms with Crippen LogP contribution in [0.15, 0.2) is 0 Å². The topological polar surface area (TPSA) is 70.2 Å². The molecule has 0 radical (unpaired) electrons. The van der Waals surface area contributed by atoms with E-state index in [0.717, 1.165) is 30.2 Å². The molecule has 0 aromatic carbocycles. The monoisotopic (exact) mass is 278 g/mol. The van der Waals surface area contributed by atoms with Crippen LogP contribution in [0.3, 0.4) is 0 Å². The molecule has 6 nitrogen and oxygen atoms in total. The molecule has 3 rings (SSSR count). The summed E-state index contributed by atoms with van der Waals surface area (Å²) in [4.78, 5) is 21.7. The first-order valence-electron chi connectivity index (χ1n) is 7.21. The number of imidazole rings is 1. The number of aromatic amines is 1. The van der Waals surface area contributed by atoms with Crippen LogP contribution in [-0.4, -0.2) is 33.1 Å². The van der Waals surface area contributed by atoms with Gasteiger partial charge in [-0.25, -0.2) is 9.78 Å². The molecule has 0 saturated carbocycles. The number of nitrogens with one attached hydrogen (secondary N) is 2. The average Bonchev–Trinajstić information content (AvgIpc) is 3.01. The van der Waals surface area contributed by atoms with Crippen molar-refractivity contribution in [2.24, 2.45) is 0 Å². The van der Waals surface area contributed by atoms with Crippen molar-refractivity contribution >= 4 is 6.09 Å². The maximum atomic E-state index is 12.0. The summed E-state index contributed by atoms with van der Waals surface area (Å²) in [7, 11) is 0. The summed E-state index contributed by atoms with van der Waals surface area (Å²) in [6.45, 7) is 7.78. The Morgan fingerprint density at radius 2 is 2.20 bits per heavy atom. The standard InChI is InChI=1S/C14H22N4O2/c1-14(2,3)20-13(19)18-7-10-11(8-18)17-12(16-10)9-5-4-6-15-9/h9,15H,4-8H2,1-3H3,(H,16,17). The van der Waals surface area contributed by atoms with Gasteiger partial charge >= 0.3 is 6.09 Å². The lowest BCUT2D eigenvalue weighted by molar-refractivity contribution is 0.0238. The third-order valence-corrected chi connectivity index (χ3v) is 3.61. The van der Waals surface area contributed by atoms with Gasteiger partial charge in [0.2, 0.25) is 0 Å². The molecule has 1 atom stereocenters. The number of carbonyl (C=O) groups excluding carboxylic acids is 1. The number of H-pyrrole nitrogens is 1. The highest BCUT2D eigenvalue weighted by Crippen LogP contribution is 2.27. The number of nitrogens with zero attached hydrogens (tertiary/aromatic N) is 2. The maximum Gasteiger partial charge on any atom is 0.410 e. The van der Waals surface area contributed by atoms with Crippen molar-refractivity contribution in [2.75, 3.05) is 6.54 Å². The van der Waals surface area contributed by atoms with Gasteiger partial charge in [0.25, 0.3) is 0 Å². The van der Waals surface area contributed by atoms with Gasteiger partial charge in [0.05, 0.1) is 30.5 Å². The number of amides is 1. The lowest BCUT2D eigenvalue weighted by Crippen LogP contribution is -2.33. The summed E-state index contributed by atoms with van der Waals surface area (Å²) in [5.41, 5.74) is 1.55. The molecule has 1 fully saturated rings. The summed E-state index contributed by atoms with van der Waals surface area (Å²) >= 11 is 0. The molecule has 2 aliphatic rings. The molecule has 6 heteroatoms. The number of hydrogen-bond donors (Lipinski definition) is 2. The first-order valence-corrected chi connectivity index (χ1v) is 7.21. The highest BCUT2D eigenvalue weighted by molar-refractivity contribution is 5.69. The molecule has 1 aromatic rings. The minimum atomic E-state index is -0.459. The normalized spacial score (nSPS) is 22.1. The third-order valence-electron chi connectivity index (χ3n) is 3.61. The Morgan fingerprint density at radius 1 is 1.40 bits per heavy atom. The molecule has 1 aromatic heterocycles. The fourth-order valence-electron chi connectivity index (χ4n) is 2.70. The third kappa shape index (κ3) is 2.65. The number of rotatable bonds is 1. The molecular formula is C14H22N4O2. The average molecular weight is 278 g/mol. The van der Waals surface area contributed by atoms with Crippen molar-refractivity contribution in [2.45, 2.75) is 58.3 Å². The molecule has 1 amide bonds. The number of fused-ring (bicyclic) bond motifs is 1. The predicted octanol–water partition coefficient (Wildman–Crippen LogP) is 2.08. The minimum Gasteiger partial charge on any atom is -0.444 e. The molecule has 20 heavy (non-hydrogen) atoms. The first-order chi connectivity index (χ1) is 9.42. The molecule has 1 saturated heterocycles. The van der Waals surface area contributed by atoms with E-state index in [9.17, 15) is 4.79 Å². The number of carbonyl (C=O) groups is 1. The fraction of sp³-hybridized carbons (Fsp3) is 0.714. The number of hydrogen-bond acceptors (Lipinski definition) is 4. The Balaban J connectivity index is 1.65. The van der Waals surface area contributed by atoms with Crippen LogP contribution in [0, 0.1) is 0 Å². The maximum absolute atomic E-state index is 12.0. The van der Waals surface area contributed by atoms with E-state index >= 15 is 0 Å². The van der Waals surface area contributed by atoms with Crippen LogP contribution in [0.25, 0.3) is 0 Å². The van der Waals surface area contributed by atoms with Gasteiger partial charge in [0, 0.05) is 0 Å².